The average molecular weight is 285 g/mol. The Labute approximate surface area is 122 Å². The van der Waals surface area contributed by atoms with Crippen molar-refractivity contribution in [3.8, 4) is 0 Å². The first-order valence-electron chi connectivity index (χ1n) is 6.66. The van der Waals surface area contributed by atoms with E-state index in [-0.39, 0.29) is 24.7 Å². The minimum atomic E-state index is -0.393. The maximum atomic E-state index is 12.8. The number of benzene rings is 2. The van der Waals surface area contributed by atoms with Crippen molar-refractivity contribution < 1.29 is 14.0 Å². The molecule has 4 heteroatoms. The largest absolute Gasteiger partial charge is 0.348 e. The van der Waals surface area contributed by atoms with E-state index >= 15 is 0 Å². The van der Waals surface area contributed by atoms with Crippen LogP contribution >= 0.6 is 0 Å². The minimum Gasteiger partial charge on any atom is -0.348 e. The predicted molar refractivity (Wildman–Crippen MR) is 78.6 cm³/mol. The Balaban J connectivity index is 1.88. The van der Waals surface area contributed by atoms with Crippen molar-refractivity contribution in [1.29, 1.82) is 0 Å². The van der Waals surface area contributed by atoms with Crippen LogP contribution in [0.4, 0.5) is 4.39 Å². The molecule has 0 radical (unpaired) electrons. The van der Waals surface area contributed by atoms with E-state index < -0.39 is 5.82 Å². The number of hydrogen-bond donors (Lipinski definition) is 1. The van der Waals surface area contributed by atoms with Crippen molar-refractivity contribution in [3.05, 3.63) is 71.0 Å². The van der Waals surface area contributed by atoms with Gasteiger partial charge in [0.1, 0.15) is 5.82 Å². The van der Waals surface area contributed by atoms with Crippen LogP contribution in [-0.4, -0.2) is 18.2 Å². The zero-order valence-electron chi connectivity index (χ0n) is 11.7. The van der Waals surface area contributed by atoms with Gasteiger partial charge in [-0.3, -0.25) is 9.59 Å². The van der Waals surface area contributed by atoms with E-state index in [9.17, 15) is 14.0 Å². The topological polar surface area (TPSA) is 46.2 Å². The van der Waals surface area contributed by atoms with Crippen molar-refractivity contribution >= 4 is 11.7 Å². The lowest BCUT2D eigenvalue weighted by Crippen LogP contribution is -2.30. The molecule has 0 aliphatic carbocycles. The van der Waals surface area contributed by atoms with Crippen LogP contribution in [0.5, 0.6) is 0 Å². The van der Waals surface area contributed by atoms with Crippen molar-refractivity contribution in [3.63, 3.8) is 0 Å². The zero-order chi connectivity index (χ0) is 15.2. The number of aryl methyl sites for hydroxylation is 1. The molecule has 1 N–H and O–H groups in total. The average Bonchev–Trinajstić information content (AvgIpc) is 2.48. The Kier molecular flexibility index (Phi) is 4.82. The first kappa shape index (κ1) is 14.9. The number of hydrogen-bond acceptors (Lipinski definition) is 2. The van der Waals surface area contributed by atoms with E-state index in [1.54, 1.807) is 0 Å². The van der Waals surface area contributed by atoms with Crippen LogP contribution < -0.4 is 5.32 Å². The molecule has 0 unspecified atom stereocenters. The summed E-state index contributed by atoms with van der Waals surface area (Å²) in [5.74, 6) is -0.844. The first-order chi connectivity index (χ1) is 10.1. The van der Waals surface area contributed by atoms with Crippen molar-refractivity contribution in [2.45, 2.75) is 13.3 Å². The number of ketones is 1. The molecule has 0 spiro atoms. The van der Waals surface area contributed by atoms with Gasteiger partial charge in [0, 0.05) is 5.56 Å². The summed E-state index contributed by atoms with van der Waals surface area (Å²) >= 11 is 0. The molecule has 0 aliphatic rings. The molecule has 108 valence electrons. The summed E-state index contributed by atoms with van der Waals surface area (Å²) in [5, 5.41) is 2.59. The molecule has 0 fully saturated rings. The van der Waals surface area contributed by atoms with Crippen LogP contribution in [0.3, 0.4) is 0 Å². The van der Waals surface area contributed by atoms with E-state index in [4.69, 9.17) is 0 Å². The van der Waals surface area contributed by atoms with Gasteiger partial charge in [-0.15, -0.1) is 0 Å². The highest BCUT2D eigenvalue weighted by atomic mass is 19.1. The normalized spacial score (nSPS) is 10.2. The molecule has 21 heavy (non-hydrogen) atoms. The molecular weight excluding hydrogens is 269 g/mol. The van der Waals surface area contributed by atoms with Crippen molar-refractivity contribution in [2.24, 2.45) is 0 Å². The van der Waals surface area contributed by atoms with E-state index in [1.165, 1.54) is 24.3 Å². The predicted octanol–water partition coefficient (Wildman–Crippen LogP) is 2.68. The molecule has 2 rings (SSSR count). The smallest absolute Gasteiger partial charge is 0.224 e. The molecule has 0 heterocycles. The monoisotopic (exact) mass is 285 g/mol. The van der Waals surface area contributed by atoms with E-state index in [1.807, 2.05) is 31.2 Å². The summed E-state index contributed by atoms with van der Waals surface area (Å²) in [6.07, 6.45) is 0.239. The molecule has 0 atom stereocenters. The van der Waals surface area contributed by atoms with E-state index in [2.05, 4.69) is 5.32 Å². The lowest BCUT2D eigenvalue weighted by molar-refractivity contribution is -0.120. The van der Waals surface area contributed by atoms with Gasteiger partial charge in [0.15, 0.2) is 5.78 Å². The lowest BCUT2D eigenvalue weighted by atomic mass is 10.1. The minimum absolute atomic E-state index is 0.0870. The van der Waals surface area contributed by atoms with Crippen LogP contribution in [0.15, 0.2) is 48.5 Å². The Bertz CT molecular complexity index is 650. The number of carbonyl (C=O) groups excluding carboxylic acids is 2. The van der Waals surface area contributed by atoms with Gasteiger partial charge in [-0.2, -0.15) is 0 Å². The highest BCUT2D eigenvalue weighted by Crippen LogP contribution is 2.07. The van der Waals surface area contributed by atoms with Gasteiger partial charge in [-0.05, 0) is 42.3 Å². The highest BCUT2D eigenvalue weighted by molar-refractivity contribution is 5.99. The summed E-state index contributed by atoms with van der Waals surface area (Å²) in [6, 6.07) is 12.9. The molecule has 2 aromatic carbocycles. The number of rotatable bonds is 5. The summed E-state index contributed by atoms with van der Waals surface area (Å²) in [6.45, 7) is 1.85. The van der Waals surface area contributed by atoms with Gasteiger partial charge in [-0.25, -0.2) is 4.39 Å². The zero-order valence-corrected chi connectivity index (χ0v) is 11.7. The van der Waals surface area contributed by atoms with Gasteiger partial charge in [0.25, 0.3) is 0 Å². The second kappa shape index (κ2) is 6.79. The van der Waals surface area contributed by atoms with Crippen LogP contribution in [0, 0.1) is 12.7 Å². The third-order valence-corrected chi connectivity index (χ3v) is 3.22. The number of carbonyl (C=O) groups is 2. The van der Waals surface area contributed by atoms with E-state index in [0.29, 0.717) is 5.56 Å². The third-order valence-electron chi connectivity index (χ3n) is 3.22. The Morgan fingerprint density at radius 3 is 2.38 bits per heavy atom. The summed E-state index contributed by atoms with van der Waals surface area (Å²) in [5.41, 5.74) is 2.36. The van der Waals surface area contributed by atoms with Crippen LogP contribution in [0.2, 0.25) is 0 Å². The van der Waals surface area contributed by atoms with Gasteiger partial charge in [0.2, 0.25) is 5.91 Å². The molecule has 0 saturated carbocycles. The summed E-state index contributed by atoms with van der Waals surface area (Å²) in [7, 11) is 0. The Morgan fingerprint density at radius 2 is 1.71 bits per heavy atom. The van der Waals surface area contributed by atoms with E-state index in [0.717, 1.165) is 11.1 Å². The fraction of sp³-hybridized carbons (Fsp3) is 0.176. The van der Waals surface area contributed by atoms with Crippen LogP contribution in [-0.2, 0) is 11.2 Å². The summed E-state index contributed by atoms with van der Waals surface area (Å²) in [4.78, 5) is 23.7. The van der Waals surface area contributed by atoms with Gasteiger partial charge in [0.05, 0.1) is 13.0 Å². The number of Topliss-reactive ketones (excluding diaryl/α,β-unsaturated/α-hetero) is 1. The summed E-state index contributed by atoms with van der Waals surface area (Å²) < 4.78 is 12.8. The maximum absolute atomic E-state index is 12.8. The highest BCUT2D eigenvalue weighted by Gasteiger charge is 2.09. The third kappa shape index (κ3) is 4.24. The second-order valence-corrected chi connectivity index (χ2v) is 4.81. The molecule has 0 aliphatic heterocycles. The van der Waals surface area contributed by atoms with Gasteiger partial charge >= 0.3 is 0 Å². The molecule has 3 nitrogen and oxygen atoms in total. The standard InChI is InChI=1S/C17H16FNO2/c1-12-4-2-3-5-14(12)10-17(21)19-11-16(20)13-6-8-15(18)9-7-13/h2-9H,10-11H2,1H3,(H,19,21). The second-order valence-electron chi connectivity index (χ2n) is 4.81. The number of amides is 1. The molecule has 2 aromatic rings. The van der Waals surface area contributed by atoms with Gasteiger partial charge in [-0.1, -0.05) is 24.3 Å². The SMILES string of the molecule is Cc1ccccc1CC(=O)NCC(=O)c1ccc(F)cc1. The molecule has 0 aromatic heterocycles. The maximum Gasteiger partial charge on any atom is 0.224 e. The van der Waals surface area contributed by atoms with Crippen LogP contribution in [0.1, 0.15) is 21.5 Å². The fourth-order valence-electron chi connectivity index (χ4n) is 1.96. The number of halogens is 1. The first-order valence-corrected chi connectivity index (χ1v) is 6.66. The molecule has 1 amide bonds. The quantitative estimate of drug-likeness (QED) is 0.859. The molecule has 0 bridgehead atoms. The van der Waals surface area contributed by atoms with Gasteiger partial charge < -0.3 is 5.32 Å². The van der Waals surface area contributed by atoms with Crippen molar-refractivity contribution in [2.75, 3.05) is 6.54 Å². The fourth-order valence-corrected chi connectivity index (χ4v) is 1.96. The Morgan fingerprint density at radius 1 is 1.05 bits per heavy atom. The molecular formula is C17H16FNO2. The van der Waals surface area contributed by atoms with Crippen LogP contribution in [0.25, 0.3) is 0 Å². The Hall–Kier alpha value is -2.49. The molecule has 0 saturated heterocycles. The van der Waals surface area contributed by atoms with Crippen molar-refractivity contribution in [1.82, 2.24) is 5.32 Å². The number of nitrogens with one attached hydrogen (secondary N) is 1. The lowest BCUT2D eigenvalue weighted by Gasteiger charge is -2.07.